The highest BCUT2D eigenvalue weighted by atomic mass is 32.2. The largest absolute Gasteiger partial charge is 0.475 e. The van der Waals surface area contributed by atoms with Crippen LogP contribution in [0.1, 0.15) is 81.1 Å². The van der Waals surface area contributed by atoms with Crippen LogP contribution >= 0.6 is 0 Å². The molecule has 0 radical (unpaired) electrons. The summed E-state index contributed by atoms with van der Waals surface area (Å²) in [6, 6.07) is 17.2. The molecular formula is C40H50N6O5S. The Hall–Kier alpha value is -4.55. The number of ether oxygens (including phenoxy) is 1. The molecule has 4 aromatic rings. The van der Waals surface area contributed by atoms with Crippen molar-refractivity contribution in [1.82, 2.24) is 19.9 Å². The van der Waals surface area contributed by atoms with E-state index in [9.17, 15) is 18.3 Å². The second-order valence-electron chi connectivity index (χ2n) is 15.9. The van der Waals surface area contributed by atoms with Crippen LogP contribution in [-0.4, -0.2) is 70.6 Å². The molecule has 2 aliphatic heterocycles. The van der Waals surface area contributed by atoms with Gasteiger partial charge in [-0.25, -0.2) is 18.1 Å². The summed E-state index contributed by atoms with van der Waals surface area (Å²) < 4.78 is 36.4. The number of fused-ring (bicyclic) bond motifs is 4. The van der Waals surface area contributed by atoms with Gasteiger partial charge in [0.15, 0.2) is 0 Å². The number of nitrogens with zero attached hydrogens (tertiary/aromatic N) is 5. The first-order valence-corrected chi connectivity index (χ1v) is 19.4. The lowest BCUT2D eigenvalue weighted by Crippen LogP contribution is -2.45. The van der Waals surface area contributed by atoms with Gasteiger partial charge in [-0.1, -0.05) is 45.0 Å². The van der Waals surface area contributed by atoms with E-state index in [4.69, 9.17) is 9.72 Å². The fraction of sp³-hybridized carbons (Fsp3) is 0.450. The van der Waals surface area contributed by atoms with Crippen LogP contribution in [0.15, 0.2) is 71.8 Å². The van der Waals surface area contributed by atoms with Gasteiger partial charge < -0.3 is 19.6 Å². The summed E-state index contributed by atoms with van der Waals surface area (Å²) in [7, 11) is -4.18. The molecule has 1 saturated heterocycles. The monoisotopic (exact) mass is 726 g/mol. The Bertz CT molecular complexity index is 2010. The Labute approximate surface area is 307 Å². The predicted octanol–water partition coefficient (Wildman–Crippen LogP) is 6.78. The molecule has 11 nitrogen and oxygen atoms in total. The highest BCUT2D eigenvalue weighted by Crippen LogP contribution is 2.33. The lowest BCUT2D eigenvalue weighted by molar-refractivity contribution is 0.00650. The third kappa shape index (κ3) is 8.56. The number of hydrogen-bond donors (Lipinski definition) is 2. The summed E-state index contributed by atoms with van der Waals surface area (Å²) in [4.78, 5) is 32.4. The van der Waals surface area contributed by atoms with Gasteiger partial charge in [0.05, 0.1) is 46.4 Å². The molecule has 2 aliphatic rings. The van der Waals surface area contributed by atoms with Crippen LogP contribution in [0.5, 0.6) is 5.88 Å². The smallest absolute Gasteiger partial charge is 0.264 e. The Morgan fingerprint density at radius 1 is 0.942 bits per heavy atom. The zero-order valence-corrected chi connectivity index (χ0v) is 32.0. The van der Waals surface area contributed by atoms with Gasteiger partial charge in [0.1, 0.15) is 6.61 Å². The van der Waals surface area contributed by atoms with Crippen molar-refractivity contribution in [1.29, 1.82) is 0 Å². The lowest BCUT2D eigenvalue weighted by atomic mass is 9.83. The first-order valence-electron chi connectivity index (χ1n) is 17.9. The normalized spacial score (nSPS) is 18.5. The quantitative estimate of drug-likeness (QED) is 0.220. The van der Waals surface area contributed by atoms with Gasteiger partial charge in [0, 0.05) is 30.3 Å². The highest BCUT2D eigenvalue weighted by molar-refractivity contribution is 7.92. The maximum atomic E-state index is 14.5. The Morgan fingerprint density at radius 3 is 2.27 bits per heavy atom. The van der Waals surface area contributed by atoms with Crippen molar-refractivity contribution in [3.63, 3.8) is 0 Å². The molecule has 6 rings (SSSR count). The lowest BCUT2D eigenvalue weighted by Gasteiger charge is -2.38. The zero-order valence-electron chi connectivity index (χ0n) is 31.2. The number of piperidine rings is 1. The SMILES string of the molecule is Cc1cccc(C)c1-c1cc2nc(n1)NS(=O)(=O)c1cccc(c1)C(=O)N(Cc1ccc(N3CCC(C(C)(C)O)CC3)cn1)[C@H](CC(C)(C)C)CO2. The van der Waals surface area contributed by atoms with Crippen LogP contribution in [0.2, 0.25) is 0 Å². The van der Waals surface area contributed by atoms with Crippen LogP contribution < -0.4 is 14.4 Å². The average molecular weight is 727 g/mol. The van der Waals surface area contributed by atoms with Crippen molar-refractivity contribution in [2.75, 3.05) is 29.3 Å². The van der Waals surface area contributed by atoms with Crippen molar-refractivity contribution in [3.8, 4) is 17.1 Å². The summed E-state index contributed by atoms with van der Waals surface area (Å²) >= 11 is 0. The summed E-state index contributed by atoms with van der Waals surface area (Å²) in [6.45, 7) is 16.0. The van der Waals surface area contributed by atoms with Crippen molar-refractivity contribution in [3.05, 3.63) is 89.2 Å². The zero-order chi connectivity index (χ0) is 37.4. The van der Waals surface area contributed by atoms with Crippen LogP contribution in [0.3, 0.4) is 0 Å². The van der Waals surface area contributed by atoms with Crippen LogP contribution in [0.25, 0.3) is 11.3 Å². The molecule has 0 saturated carbocycles. The molecule has 0 aliphatic carbocycles. The highest BCUT2D eigenvalue weighted by Gasteiger charge is 2.33. The van der Waals surface area contributed by atoms with Crippen LogP contribution in [0, 0.1) is 25.2 Å². The summed E-state index contributed by atoms with van der Waals surface area (Å²) in [6.07, 6.45) is 4.22. The van der Waals surface area contributed by atoms with E-state index in [1.165, 1.54) is 12.1 Å². The molecule has 4 bridgehead atoms. The van der Waals surface area contributed by atoms with Crippen molar-refractivity contribution >= 4 is 27.6 Å². The Kier molecular flexibility index (Phi) is 10.4. The van der Waals surface area contributed by atoms with E-state index in [0.717, 1.165) is 48.3 Å². The molecule has 1 atom stereocenters. The van der Waals surface area contributed by atoms with Crippen molar-refractivity contribution in [2.24, 2.45) is 11.3 Å². The standard InChI is InChI=1S/C40H50N6O5S/c1-26-10-8-11-27(2)36(26)34-21-35-43-38(42-34)44-52(49,50)33-13-9-12-28(20-33)37(47)46(32(25-51-35)22-39(3,4)5)24-30-14-15-31(23-41-30)45-18-16-29(17-19-45)40(6,7)48/h8-15,20-21,23,29,32,48H,16-19,22,24-25H2,1-7H3,(H,42,43,44)/t32-/m1/s1. The number of aromatic nitrogens is 3. The van der Waals surface area contributed by atoms with Gasteiger partial charge in [-0.15, -0.1) is 0 Å². The number of benzene rings is 2. The van der Waals surface area contributed by atoms with E-state index in [2.05, 4.69) is 40.4 Å². The van der Waals surface area contributed by atoms with Crippen molar-refractivity contribution < 1.29 is 23.1 Å². The van der Waals surface area contributed by atoms with E-state index in [1.54, 1.807) is 23.1 Å². The molecule has 1 fully saturated rings. The molecule has 0 spiro atoms. The summed E-state index contributed by atoms with van der Waals surface area (Å²) in [5, 5.41) is 10.5. The molecule has 52 heavy (non-hydrogen) atoms. The third-order valence-electron chi connectivity index (χ3n) is 10.0. The number of amides is 1. The number of hydrogen-bond acceptors (Lipinski definition) is 9. The fourth-order valence-corrected chi connectivity index (χ4v) is 8.25. The minimum Gasteiger partial charge on any atom is -0.475 e. The molecule has 4 heterocycles. The van der Waals surface area contributed by atoms with Gasteiger partial charge in [-0.05, 0) is 99.7 Å². The number of sulfonamides is 1. The molecule has 2 aromatic carbocycles. The average Bonchev–Trinajstić information content (AvgIpc) is 3.08. The maximum absolute atomic E-state index is 14.5. The van der Waals surface area contributed by atoms with Gasteiger partial charge in [-0.2, -0.15) is 4.98 Å². The molecule has 2 aromatic heterocycles. The minimum atomic E-state index is -4.18. The Morgan fingerprint density at radius 2 is 1.63 bits per heavy atom. The first-order chi connectivity index (χ1) is 24.5. The molecule has 1 amide bonds. The maximum Gasteiger partial charge on any atom is 0.264 e. The number of aliphatic hydroxyl groups is 1. The second kappa shape index (κ2) is 14.5. The van der Waals surface area contributed by atoms with Crippen LogP contribution in [0.4, 0.5) is 11.6 Å². The topological polar surface area (TPSA) is 138 Å². The molecule has 276 valence electrons. The van der Waals surface area contributed by atoms with Crippen LogP contribution in [-0.2, 0) is 16.6 Å². The molecular weight excluding hydrogens is 677 g/mol. The molecule has 12 heteroatoms. The first kappa shape index (κ1) is 37.2. The van der Waals surface area contributed by atoms with E-state index in [0.29, 0.717) is 17.8 Å². The van der Waals surface area contributed by atoms with Gasteiger partial charge in [-0.3, -0.25) is 9.78 Å². The number of pyridine rings is 1. The summed E-state index contributed by atoms with van der Waals surface area (Å²) in [5.74, 6) is -0.0105. The number of carbonyl (C=O) groups is 1. The number of carbonyl (C=O) groups excluding carboxylic acids is 1. The fourth-order valence-electron chi connectivity index (χ4n) is 7.26. The molecule has 0 unspecified atom stereocenters. The number of nitrogens with one attached hydrogen (secondary N) is 1. The number of anilines is 2. The number of aryl methyl sites for hydroxylation is 2. The molecule has 2 N–H and O–H groups in total. The van der Waals surface area contributed by atoms with E-state index >= 15 is 0 Å². The van der Waals surface area contributed by atoms with Gasteiger partial charge in [0.2, 0.25) is 11.8 Å². The van der Waals surface area contributed by atoms with E-state index < -0.39 is 21.7 Å². The third-order valence-corrected chi connectivity index (χ3v) is 11.4. The van der Waals surface area contributed by atoms with E-state index in [-0.39, 0.29) is 52.7 Å². The second-order valence-corrected chi connectivity index (χ2v) is 17.6. The number of rotatable bonds is 6. The van der Waals surface area contributed by atoms with Gasteiger partial charge in [0.25, 0.3) is 15.9 Å². The van der Waals surface area contributed by atoms with Gasteiger partial charge >= 0.3 is 0 Å². The Balaban J connectivity index is 1.38. The van der Waals surface area contributed by atoms with Crippen molar-refractivity contribution in [2.45, 2.75) is 90.8 Å². The predicted molar refractivity (Wildman–Crippen MR) is 203 cm³/mol. The van der Waals surface area contributed by atoms with E-state index in [1.807, 2.05) is 64.2 Å². The summed E-state index contributed by atoms with van der Waals surface area (Å²) in [5.41, 5.74) is 4.36. The minimum absolute atomic E-state index is 0.0794.